The number of ether oxygens (including phenoxy) is 8. The Hall–Kier alpha value is -1.67. The van der Waals surface area contributed by atoms with Gasteiger partial charge in [-0.15, -0.1) is 0 Å². The molecule has 0 aromatic heterocycles. The van der Waals surface area contributed by atoms with Gasteiger partial charge in [0.25, 0.3) is 0 Å². The van der Waals surface area contributed by atoms with Crippen molar-refractivity contribution < 1.29 is 52.9 Å². The number of hydrogen-bond acceptors (Lipinski definition) is 11. The molecule has 0 spiro atoms. The molecule has 2 fully saturated rings. The number of aliphatic hydroxyl groups is 2. The summed E-state index contributed by atoms with van der Waals surface area (Å²) in [5.41, 5.74) is 0.377. The molecule has 2 heterocycles. The van der Waals surface area contributed by atoms with Crippen LogP contribution in [0.4, 0.5) is 0 Å². The lowest BCUT2D eigenvalue weighted by molar-refractivity contribution is -0.348. The van der Waals surface area contributed by atoms with Crippen LogP contribution >= 0.6 is 0 Å². The van der Waals surface area contributed by atoms with E-state index < -0.39 is 61.3 Å². The van der Waals surface area contributed by atoms with Gasteiger partial charge in [0.1, 0.15) is 43.2 Å². The summed E-state index contributed by atoms with van der Waals surface area (Å²) in [5.74, 6) is -0.550. The van der Waals surface area contributed by atoms with E-state index in [2.05, 4.69) is 0 Å². The first-order chi connectivity index (χ1) is 16.4. The molecular formula is C23H34O11. The van der Waals surface area contributed by atoms with Gasteiger partial charge >= 0.3 is 5.97 Å². The average molecular weight is 487 g/mol. The Labute approximate surface area is 198 Å². The highest BCUT2D eigenvalue weighted by Crippen LogP contribution is 2.31. The van der Waals surface area contributed by atoms with Crippen LogP contribution in [-0.4, -0.2) is 113 Å². The Morgan fingerprint density at radius 2 is 1.62 bits per heavy atom. The van der Waals surface area contributed by atoms with Crippen LogP contribution in [0.3, 0.4) is 0 Å². The first kappa shape index (κ1) is 26.9. The highest BCUT2D eigenvalue weighted by Gasteiger charge is 2.50. The normalized spacial score (nSPS) is 36.2. The minimum Gasteiger partial charge on any atom is -0.459 e. The van der Waals surface area contributed by atoms with Gasteiger partial charge < -0.3 is 48.1 Å². The molecule has 0 bridgehead atoms. The van der Waals surface area contributed by atoms with E-state index in [1.54, 1.807) is 30.3 Å². The van der Waals surface area contributed by atoms with Crippen molar-refractivity contribution in [3.8, 4) is 0 Å². The molecule has 0 radical (unpaired) electrons. The minimum absolute atomic E-state index is 0.139. The van der Waals surface area contributed by atoms with Gasteiger partial charge in [0.05, 0.1) is 18.3 Å². The third-order valence-corrected chi connectivity index (χ3v) is 5.97. The van der Waals surface area contributed by atoms with Gasteiger partial charge in [-0.05, 0) is 12.1 Å². The zero-order chi connectivity index (χ0) is 24.7. The third-order valence-electron chi connectivity index (χ3n) is 5.97. The number of aliphatic hydroxyl groups excluding tert-OH is 2. The molecule has 0 saturated carbocycles. The second-order valence-corrected chi connectivity index (χ2v) is 8.09. The fourth-order valence-electron chi connectivity index (χ4n) is 4.24. The number of rotatable bonds is 10. The zero-order valence-corrected chi connectivity index (χ0v) is 19.8. The van der Waals surface area contributed by atoms with Crippen molar-refractivity contribution in [3.05, 3.63) is 35.9 Å². The number of esters is 1. The molecule has 2 N–H and O–H groups in total. The van der Waals surface area contributed by atoms with E-state index in [1.165, 1.54) is 28.4 Å². The molecule has 34 heavy (non-hydrogen) atoms. The van der Waals surface area contributed by atoms with E-state index >= 15 is 0 Å². The molecule has 3 rings (SSSR count). The molecule has 0 aliphatic carbocycles. The van der Waals surface area contributed by atoms with Crippen molar-refractivity contribution in [2.45, 2.75) is 61.7 Å². The molecule has 11 heteroatoms. The largest absolute Gasteiger partial charge is 0.459 e. The van der Waals surface area contributed by atoms with E-state index in [9.17, 15) is 15.0 Å². The molecule has 0 amide bonds. The van der Waals surface area contributed by atoms with Crippen LogP contribution in [0.15, 0.2) is 30.3 Å². The van der Waals surface area contributed by atoms with Gasteiger partial charge in [-0.2, -0.15) is 0 Å². The summed E-state index contributed by atoms with van der Waals surface area (Å²) in [4.78, 5) is 12.4. The van der Waals surface area contributed by atoms with E-state index in [0.717, 1.165) is 0 Å². The molecule has 1 aromatic rings. The summed E-state index contributed by atoms with van der Waals surface area (Å²) in [6.07, 6.45) is -7.49. The highest BCUT2D eigenvalue weighted by molar-refractivity contribution is 5.89. The lowest BCUT2D eigenvalue weighted by Crippen LogP contribution is -2.63. The molecule has 11 nitrogen and oxygen atoms in total. The SMILES string of the molecule is COC[C@H]1OC(O)C[C@@H](OC)[C@@H]1O[C@H]1O[C@H](COC(=O)c2ccccc2)[C@@H](O)[C@H](OC)[C@H]1OC. The summed E-state index contributed by atoms with van der Waals surface area (Å²) in [7, 11) is 5.89. The summed E-state index contributed by atoms with van der Waals surface area (Å²) >= 11 is 0. The van der Waals surface area contributed by atoms with Crippen LogP contribution in [0.5, 0.6) is 0 Å². The van der Waals surface area contributed by atoms with Crippen molar-refractivity contribution in [1.82, 2.24) is 0 Å². The number of benzene rings is 1. The van der Waals surface area contributed by atoms with Crippen LogP contribution in [0.25, 0.3) is 0 Å². The number of hydrogen-bond donors (Lipinski definition) is 2. The lowest BCUT2D eigenvalue weighted by atomic mass is 9.97. The van der Waals surface area contributed by atoms with Crippen LogP contribution in [-0.2, 0) is 37.9 Å². The minimum atomic E-state index is -1.16. The summed E-state index contributed by atoms with van der Waals surface area (Å²) in [5, 5.41) is 20.9. The van der Waals surface area contributed by atoms with Crippen molar-refractivity contribution >= 4 is 5.97 Å². The van der Waals surface area contributed by atoms with E-state index in [0.29, 0.717) is 5.56 Å². The maximum atomic E-state index is 12.4. The van der Waals surface area contributed by atoms with Crippen molar-refractivity contribution in [2.24, 2.45) is 0 Å². The summed E-state index contributed by atoms with van der Waals surface area (Å²) < 4.78 is 45.0. The number of carbonyl (C=O) groups is 1. The first-order valence-corrected chi connectivity index (χ1v) is 11.0. The predicted molar refractivity (Wildman–Crippen MR) is 116 cm³/mol. The van der Waals surface area contributed by atoms with Gasteiger partial charge in [0.15, 0.2) is 12.6 Å². The summed E-state index contributed by atoms with van der Waals surface area (Å²) in [6.45, 7) is -0.0967. The summed E-state index contributed by atoms with van der Waals surface area (Å²) in [6, 6.07) is 8.50. The number of methoxy groups -OCH3 is 4. The first-order valence-electron chi connectivity index (χ1n) is 11.0. The Morgan fingerprint density at radius 1 is 0.912 bits per heavy atom. The highest BCUT2D eigenvalue weighted by atomic mass is 16.7. The van der Waals surface area contributed by atoms with Gasteiger partial charge in [0.2, 0.25) is 0 Å². The van der Waals surface area contributed by atoms with Crippen LogP contribution in [0.2, 0.25) is 0 Å². The van der Waals surface area contributed by atoms with Crippen LogP contribution in [0, 0.1) is 0 Å². The Kier molecular flexibility index (Phi) is 10.2. The van der Waals surface area contributed by atoms with E-state index in [1.807, 2.05) is 0 Å². The molecule has 2 aliphatic rings. The Bertz CT molecular complexity index is 748. The predicted octanol–water partition coefficient (Wildman–Crippen LogP) is 0.113. The van der Waals surface area contributed by atoms with Gasteiger partial charge in [-0.3, -0.25) is 0 Å². The maximum Gasteiger partial charge on any atom is 0.338 e. The lowest BCUT2D eigenvalue weighted by Gasteiger charge is -2.46. The molecule has 2 aliphatic heterocycles. The molecule has 1 unspecified atom stereocenters. The number of carbonyl (C=O) groups excluding carboxylic acids is 1. The Morgan fingerprint density at radius 3 is 2.24 bits per heavy atom. The van der Waals surface area contributed by atoms with Crippen molar-refractivity contribution in [2.75, 3.05) is 41.7 Å². The van der Waals surface area contributed by atoms with Crippen molar-refractivity contribution in [3.63, 3.8) is 0 Å². The smallest absolute Gasteiger partial charge is 0.338 e. The van der Waals surface area contributed by atoms with E-state index in [4.69, 9.17) is 37.9 Å². The molecular weight excluding hydrogens is 452 g/mol. The van der Waals surface area contributed by atoms with Gasteiger partial charge in [-0.25, -0.2) is 4.79 Å². The van der Waals surface area contributed by atoms with E-state index in [-0.39, 0.29) is 19.6 Å². The molecule has 2 saturated heterocycles. The van der Waals surface area contributed by atoms with Crippen LogP contribution < -0.4 is 0 Å². The van der Waals surface area contributed by atoms with Crippen LogP contribution in [0.1, 0.15) is 16.8 Å². The monoisotopic (exact) mass is 486 g/mol. The molecule has 192 valence electrons. The van der Waals surface area contributed by atoms with Crippen molar-refractivity contribution in [1.29, 1.82) is 0 Å². The molecule has 1 aromatic carbocycles. The fraction of sp³-hybridized carbons (Fsp3) is 0.696. The quantitative estimate of drug-likeness (QED) is 0.437. The zero-order valence-electron chi connectivity index (χ0n) is 19.8. The third kappa shape index (κ3) is 6.30. The topological polar surface area (TPSA) is 131 Å². The van der Waals surface area contributed by atoms with Gasteiger partial charge in [0, 0.05) is 34.9 Å². The fourth-order valence-corrected chi connectivity index (χ4v) is 4.24. The standard InChI is InChI=1S/C23H34O11/c1-27-11-16-19(14(28-2)10-17(24)32-16)34-23-21(30-4)20(29-3)18(25)15(33-23)12-31-22(26)13-8-6-5-7-9-13/h5-9,14-21,23-25H,10-12H2,1-4H3/t14-,15-,16-,17?,18-,19+,20+,21-,23-/m1/s1. The second-order valence-electron chi connectivity index (χ2n) is 8.09. The average Bonchev–Trinajstić information content (AvgIpc) is 2.85. The Balaban J connectivity index is 1.75. The molecule has 9 atom stereocenters. The maximum absolute atomic E-state index is 12.4. The van der Waals surface area contributed by atoms with Gasteiger partial charge in [-0.1, -0.05) is 18.2 Å². The second kappa shape index (κ2) is 12.9.